The number of hydrogen-bond acceptors (Lipinski definition) is 3. The number of nitriles is 1. The average molecular weight is 1170 g/mol. The van der Waals surface area contributed by atoms with E-state index in [0.29, 0.717) is 5.56 Å². The number of thiophene rings is 1. The molecule has 17 rings (SSSR count). The summed E-state index contributed by atoms with van der Waals surface area (Å²) in [6, 6.07) is 90.7. The minimum atomic E-state index is 0.597. The van der Waals surface area contributed by atoms with Crippen molar-refractivity contribution in [1.82, 2.24) is 18.7 Å². The third-order valence-electron chi connectivity index (χ3n) is 18.7. The summed E-state index contributed by atoms with van der Waals surface area (Å²) in [6.45, 7) is 13.0. The Kier molecular flexibility index (Phi) is 12.1. The maximum atomic E-state index is 12.5. The fourth-order valence-electron chi connectivity index (χ4n) is 14.7. The smallest absolute Gasteiger partial charge is 0.100 e. The van der Waals surface area contributed by atoms with Gasteiger partial charge >= 0.3 is 0 Å². The van der Waals surface area contributed by atoms with Gasteiger partial charge in [-0.3, -0.25) is 4.98 Å². The molecule has 5 nitrogen and oxygen atoms in total. The van der Waals surface area contributed by atoms with Gasteiger partial charge in [-0.2, -0.15) is 5.26 Å². The van der Waals surface area contributed by atoms with Crippen molar-refractivity contribution in [1.29, 1.82) is 5.26 Å². The zero-order valence-electron chi connectivity index (χ0n) is 50.8. The number of pyridine rings is 1. The molecule has 17 aromatic rings. The highest BCUT2D eigenvalue weighted by Gasteiger charge is 2.31. The molecule has 0 radical (unpaired) electrons. The Balaban J connectivity index is 0.996. The molecule has 0 unspecified atom stereocenters. The van der Waals surface area contributed by atoms with Gasteiger partial charge < -0.3 is 13.7 Å². The van der Waals surface area contributed by atoms with Crippen molar-refractivity contribution < 1.29 is 0 Å². The van der Waals surface area contributed by atoms with E-state index in [9.17, 15) is 5.26 Å². The summed E-state index contributed by atoms with van der Waals surface area (Å²) in [6.07, 6.45) is 3.71. The summed E-state index contributed by atoms with van der Waals surface area (Å²) in [5, 5.41) is 22.2. The Hall–Kier alpha value is -11.1. The molecular weight excluding hydrogens is 1110 g/mol. The van der Waals surface area contributed by atoms with E-state index in [1.807, 2.05) is 12.4 Å². The van der Waals surface area contributed by atoms with Crippen LogP contribution in [0, 0.1) is 52.9 Å². The van der Waals surface area contributed by atoms with Crippen molar-refractivity contribution in [2.75, 3.05) is 0 Å². The van der Waals surface area contributed by atoms with Gasteiger partial charge in [0.25, 0.3) is 0 Å². The van der Waals surface area contributed by atoms with Gasteiger partial charge in [0.15, 0.2) is 0 Å². The quantitative estimate of drug-likeness (QED) is 0.152. The second-order valence-corrected chi connectivity index (χ2v) is 25.7. The Labute approximate surface area is 525 Å². The molecule has 12 aromatic carbocycles. The lowest BCUT2D eigenvalue weighted by atomic mass is 9.75. The monoisotopic (exact) mass is 1170 g/mol. The van der Waals surface area contributed by atoms with E-state index >= 15 is 0 Å². The Morgan fingerprint density at radius 1 is 0.311 bits per heavy atom. The summed E-state index contributed by atoms with van der Waals surface area (Å²) >= 11 is 1.80. The van der Waals surface area contributed by atoms with Gasteiger partial charge in [0, 0.05) is 93.1 Å². The molecule has 5 aromatic heterocycles. The summed E-state index contributed by atoms with van der Waals surface area (Å²) in [7, 11) is 0. The van der Waals surface area contributed by atoms with Crippen LogP contribution in [0.3, 0.4) is 0 Å². The number of hydrogen-bond donors (Lipinski definition) is 0. The molecule has 0 bridgehead atoms. The van der Waals surface area contributed by atoms with Crippen molar-refractivity contribution in [2.24, 2.45) is 0 Å². The molecule has 6 heteroatoms. The number of aromatic nitrogens is 4. The SMILES string of the molecule is Cc1ccc2c(c1)c1cc(C)ccc1n2-c1ccc(-c2c(-c3ccncc3)c(C#N)c(-c3cccc4sc5ccccc5c34)c(-c3ccc(-n4c5ccc(C)cc5c5cc(C)ccc54)cc3)c2-c2ccc(-n3c4ccc(C)cc4c4cc(C)ccc43)cc2)cc1. The van der Waals surface area contributed by atoms with Gasteiger partial charge in [-0.1, -0.05) is 137 Å². The molecule has 0 N–H and O–H groups in total. The Morgan fingerprint density at radius 3 is 1.02 bits per heavy atom. The summed E-state index contributed by atoms with van der Waals surface area (Å²) in [5.74, 6) is 0. The Bertz CT molecular complexity index is 5710. The first-order chi connectivity index (χ1) is 44.0. The second kappa shape index (κ2) is 20.5. The van der Waals surface area contributed by atoms with E-state index in [1.54, 1.807) is 11.3 Å². The number of benzene rings is 12. The molecule has 426 valence electrons. The first-order valence-corrected chi connectivity index (χ1v) is 31.7. The predicted octanol–water partition coefficient (Wildman–Crippen LogP) is 22.8. The number of nitrogens with zero attached hydrogens (tertiary/aromatic N) is 5. The molecule has 0 aliphatic rings. The normalized spacial score (nSPS) is 11.9. The topological polar surface area (TPSA) is 51.5 Å². The van der Waals surface area contributed by atoms with Crippen LogP contribution in [-0.4, -0.2) is 18.7 Å². The van der Waals surface area contributed by atoms with E-state index in [0.717, 1.165) is 117 Å². The van der Waals surface area contributed by atoms with Crippen LogP contribution < -0.4 is 0 Å². The van der Waals surface area contributed by atoms with Gasteiger partial charge in [-0.05, 0) is 220 Å². The fourth-order valence-corrected chi connectivity index (χ4v) is 15.8. The first kappa shape index (κ1) is 53.2. The van der Waals surface area contributed by atoms with Gasteiger partial charge in [-0.25, -0.2) is 0 Å². The first-order valence-electron chi connectivity index (χ1n) is 30.9. The zero-order valence-corrected chi connectivity index (χ0v) is 51.6. The van der Waals surface area contributed by atoms with Crippen molar-refractivity contribution in [3.05, 3.63) is 288 Å². The van der Waals surface area contributed by atoms with E-state index in [1.165, 1.54) is 75.1 Å². The van der Waals surface area contributed by atoms with Crippen molar-refractivity contribution in [2.45, 2.75) is 41.5 Å². The average Bonchev–Trinajstić information content (AvgIpc) is 0.782. The summed E-state index contributed by atoms with van der Waals surface area (Å²) in [5.41, 5.74) is 27.7. The molecule has 0 fully saturated rings. The molecule has 0 aliphatic heterocycles. The lowest BCUT2D eigenvalue weighted by Crippen LogP contribution is -2.03. The third kappa shape index (κ3) is 8.24. The van der Waals surface area contributed by atoms with Crippen LogP contribution in [0.2, 0.25) is 0 Å². The molecule has 0 amide bonds. The standard InChI is InChI=1S/C84H59N5S/c1-49-14-32-71-64(42-49)65-43-50(2)15-33-72(65)87(71)59-26-20-55(21-27-59)80-79(58-38-40-86-41-39-58)70(48-85)84(63-11-9-13-78-83(63)62-10-7-8-12-77(62)90-78)82(57-24-30-61(31-25-57)89-75-36-18-53(5)46-68(75)69-47-54(6)19-37-76(69)89)81(80)56-22-28-60(29-23-56)88-73-34-16-51(3)44-66(73)67-45-52(4)17-35-74(67)88/h7-47H,1-6H3. The second-order valence-electron chi connectivity index (χ2n) is 24.6. The van der Waals surface area contributed by atoms with Crippen molar-refractivity contribution in [3.63, 3.8) is 0 Å². The zero-order chi connectivity index (χ0) is 60.6. The van der Waals surface area contributed by atoms with E-state index in [2.05, 4.69) is 303 Å². The highest BCUT2D eigenvalue weighted by molar-refractivity contribution is 7.26. The van der Waals surface area contributed by atoms with Crippen LogP contribution >= 0.6 is 11.3 Å². The molecule has 0 saturated heterocycles. The van der Waals surface area contributed by atoms with Crippen molar-refractivity contribution >= 4 is 96.9 Å². The fraction of sp³-hybridized carbons (Fsp3) is 0.0714. The molecule has 0 saturated carbocycles. The van der Waals surface area contributed by atoms with Crippen LogP contribution in [0.4, 0.5) is 0 Å². The predicted molar refractivity (Wildman–Crippen MR) is 380 cm³/mol. The van der Waals surface area contributed by atoms with Gasteiger partial charge in [0.1, 0.15) is 6.07 Å². The van der Waals surface area contributed by atoms with Gasteiger partial charge in [0.05, 0.1) is 38.7 Å². The van der Waals surface area contributed by atoms with Crippen LogP contribution in [-0.2, 0) is 0 Å². The molecule has 0 spiro atoms. The van der Waals surface area contributed by atoms with E-state index in [-0.39, 0.29) is 0 Å². The maximum Gasteiger partial charge on any atom is 0.100 e. The molecule has 90 heavy (non-hydrogen) atoms. The molecule has 5 heterocycles. The number of fused-ring (bicyclic) bond motifs is 12. The van der Waals surface area contributed by atoms with Crippen LogP contribution in [0.1, 0.15) is 38.9 Å². The lowest BCUT2D eigenvalue weighted by molar-refractivity contribution is 1.18. The van der Waals surface area contributed by atoms with Gasteiger partial charge in [-0.15, -0.1) is 11.3 Å². The highest BCUT2D eigenvalue weighted by atomic mass is 32.1. The maximum absolute atomic E-state index is 12.5. The van der Waals surface area contributed by atoms with E-state index in [4.69, 9.17) is 0 Å². The largest absolute Gasteiger partial charge is 0.309 e. The molecule has 0 atom stereocenters. The summed E-state index contributed by atoms with van der Waals surface area (Å²) in [4.78, 5) is 4.60. The minimum Gasteiger partial charge on any atom is -0.309 e. The Morgan fingerprint density at radius 2 is 0.644 bits per heavy atom. The third-order valence-corrected chi connectivity index (χ3v) is 19.9. The highest BCUT2D eigenvalue weighted by Crippen LogP contribution is 2.55. The van der Waals surface area contributed by atoms with Crippen molar-refractivity contribution in [3.8, 4) is 78.8 Å². The molecule has 0 aliphatic carbocycles. The molecular formula is C84H59N5S. The number of rotatable bonds is 8. The lowest BCUT2D eigenvalue weighted by Gasteiger charge is -2.27. The van der Waals surface area contributed by atoms with E-state index < -0.39 is 0 Å². The van der Waals surface area contributed by atoms with Gasteiger partial charge in [0.2, 0.25) is 0 Å². The van der Waals surface area contributed by atoms with Crippen LogP contribution in [0.5, 0.6) is 0 Å². The summed E-state index contributed by atoms with van der Waals surface area (Å²) < 4.78 is 9.58. The van der Waals surface area contributed by atoms with Crippen LogP contribution in [0.25, 0.3) is 158 Å². The minimum absolute atomic E-state index is 0.597. The van der Waals surface area contributed by atoms with Crippen LogP contribution in [0.15, 0.2) is 249 Å². The number of aryl methyl sites for hydroxylation is 6.